The molecule has 1 aromatic rings. The van der Waals surface area contributed by atoms with E-state index in [0.29, 0.717) is 6.42 Å². The van der Waals surface area contributed by atoms with E-state index in [1.165, 1.54) is 0 Å². The Hall–Kier alpha value is -0.550. The smallest absolute Gasteiger partial charge is 0.309 e. The van der Waals surface area contributed by atoms with E-state index in [1.807, 2.05) is 18.5 Å². The molecule has 0 bridgehead atoms. The minimum absolute atomic E-state index is 0.633. The number of aliphatic carboxylic acids is 1. The van der Waals surface area contributed by atoms with E-state index in [-0.39, 0.29) is 0 Å². The molecule has 0 saturated carbocycles. The number of thiophene rings is 1. The fraction of sp³-hybridized carbons (Fsp3) is 0.545. The van der Waals surface area contributed by atoms with Gasteiger partial charge in [0, 0.05) is 23.4 Å². The SMILES string of the molecule is CN(CCC(C)(C)C(=O)O)c1cc(Br)cs1. The van der Waals surface area contributed by atoms with Crippen molar-refractivity contribution in [3.8, 4) is 0 Å². The second-order valence-electron chi connectivity index (χ2n) is 4.46. The molecule has 90 valence electrons. The molecule has 3 nitrogen and oxygen atoms in total. The van der Waals surface area contributed by atoms with E-state index in [2.05, 4.69) is 20.8 Å². The molecular weight excluding hydrogens is 290 g/mol. The Bertz CT molecular complexity index is 376. The largest absolute Gasteiger partial charge is 0.481 e. The molecule has 5 heteroatoms. The molecule has 0 aromatic carbocycles. The molecule has 0 aliphatic heterocycles. The first-order valence-electron chi connectivity index (χ1n) is 5.01. The van der Waals surface area contributed by atoms with Gasteiger partial charge in [0.05, 0.1) is 10.4 Å². The third-order valence-corrected chi connectivity index (χ3v) is 4.38. The molecule has 0 aliphatic rings. The van der Waals surface area contributed by atoms with E-state index in [9.17, 15) is 4.79 Å². The van der Waals surface area contributed by atoms with Gasteiger partial charge in [-0.05, 0) is 42.3 Å². The second kappa shape index (κ2) is 5.19. The zero-order valence-corrected chi connectivity index (χ0v) is 12.1. The molecule has 1 heterocycles. The first kappa shape index (κ1) is 13.5. The van der Waals surface area contributed by atoms with Crippen LogP contribution in [0.15, 0.2) is 15.9 Å². The van der Waals surface area contributed by atoms with Gasteiger partial charge in [0.2, 0.25) is 0 Å². The first-order valence-corrected chi connectivity index (χ1v) is 6.69. The van der Waals surface area contributed by atoms with Crippen LogP contribution in [-0.2, 0) is 4.79 Å². The number of nitrogens with zero attached hydrogens (tertiary/aromatic N) is 1. The molecule has 0 atom stereocenters. The van der Waals surface area contributed by atoms with Crippen molar-refractivity contribution >= 4 is 38.2 Å². The number of carboxylic acid groups (broad SMARTS) is 1. The quantitative estimate of drug-likeness (QED) is 0.906. The summed E-state index contributed by atoms with van der Waals surface area (Å²) in [6.45, 7) is 4.26. The molecule has 0 saturated heterocycles. The van der Waals surface area contributed by atoms with Crippen LogP contribution in [0.3, 0.4) is 0 Å². The molecule has 0 spiro atoms. The lowest BCUT2D eigenvalue weighted by Crippen LogP contribution is -2.29. The van der Waals surface area contributed by atoms with E-state index in [4.69, 9.17) is 5.11 Å². The molecule has 1 rings (SSSR count). The number of hydrogen-bond donors (Lipinski definition) is 1. The Balaban J connectivity index is 2.53. The van der Waals surface area contributed by atoms with E-state index < -0.39 is 11.4 Å². The van der Waals surface area contributed by atoms with Crippen molar-refractivity contribution < 1.29 is 9.90 Å². The van der Waals surface area contributed by atoms with Crippen LogP contribution in [0.1, 0.15) is 20.3 Å². The van der Waals surface area contributed by atoms with Gasteiger partial charge in [-0.3, -0.25) is 4.79 Å². The van der Waals surface area contributed by atoms with E-state index in [0.717, 1.165) is 16.0 Å². The number of rotatable bonds is 5. The molecule has 0 unspecified atom stereocenters. The maximum Gasteiger partial charge on any atom is 0.309 e. The molecular formula is C11H16BrNO2S. The van der Waals surface area contributed by atoms with Gasteiger partial charge < -0.3 is 10.0 Å². The summed E-state index contributed by atoms with van der Waals surface area (Å²) in [6, 6.07) is 2.04. The fourth-order valence-electron chi connectivity index (χ4n) is 1.17. The van der Waals surface area contributed by atoms with Crippen LogP contribution in [-0.4, -0.2) is 24.7 Å². The predicted molar refractivity (Wildman–Crippen MR) is 71.3 cm³/mol. The standard InChI is InChI=1S/C11H16BrNO2S/c1-11(2,10(14)15)4-5-13(3)9-6-8(12)7-16-9/h6-7H,4-5H2,1-3H3,(H,14,15). The van der Waals surface area contributed by atoms with Gasteiger partial charge in [0.15, 0.2) is 0 Å². The van der Waals surface area contributed by atoms with Crippen molar-refractivity contribution in [2.24, 2.45) is 5.41 Å². The zero-order chi connectivity index (χ0) is 12.3. The van der Waals surface area contributed by atoms with Gasteiger partial charge in [0.1, 0.15) is 0 Å². The van der Waals surface area contributed by atoms with Crippen molar-refractivity contribution in [2.45, 2.75) is 20.3 Å². The lowest BCUT2D eigenvalue weighted by atomic mass is 9.89. The highest BCUT2D eigenvalue weighted by molar-refractivity contribution is 9.10. The third kappa shape index (κ3) is 3.49. The Labute approximate surface area is 108 Å². The van der Waals surface area contributed by atoms with Crippen LogP contribution in [0.4, 0.5) is 5.00 Å². The maximum atomic E-state index is 11.0. The molecule has 0 fully saturated rings. The van der Waals surface area contributed by atoms with E-state index >= 15 is 0 Å². The third-order valence-electron chi connectivity index (χ3n) is 2.58. The minimum atomic E-state index is -0.742. The van der Waals surface area contributed by atoms with Crippen molar-refractivity contribution in [3.05, 3.63) is 15.9 Å². The Morgan fingerprint density at radius 2 is 2.25 bits per heavy atom. The van der Waals surface area contributed by atoms with Gasteiger partial charge in [-0.2, -0.15) is 0 Å². The normalized spacial score (nSPS) is 11.5. The number of halogens is 1. The lowest BCUT2D eigenvalue weighted by Gasteiger charge is -2.24. The van der Waals surface area contributed by atoms with Crippen molar-refractivity contribution in [1.82, 2.24) is 0 Å². The molecule has 16 heavy (non-hydrogen) atoms. The highest BCUT2D eigenvalue weighted by Crippen LogP contribution is 2.29. The van der Waals surface area contributed by atoms with Crippen LogP contribution in [0.5, 0.6) is 0 Å². The molecule has 0 radical (unpaired) electrons. The number of carboxylic acids is 1. The Kier molecular flexibility index (Phi) is 4.38. The Morgan fingerprint density at radius 3 is 2.69 bits per heavy atom. The first-order chi connectivity index (χ1) is 7.33. The predicted octanol–water partition coefficient (Wildman–Crippen LogP) is 3.45. The van der Waals surface area contributed by atoms with Crippen LogP contribution in [0.2, 0.25) is 0 Å². The molecule has 1 N–H and O–H groups in total. The van der Waals surface area contributed by atoms with Crippen molar-refractivity contribution in [3.63, 3.8) is 0 Å². The summed E-state index contributed by atoms with van der Waals surface area (Å²) in [6.07, 6.45) is 0.633. The van der Waals surface area contributed by atoms with Crippen LogP contribution in [0.25, 0.3) is 0 Å². The highest BCUT2D eigenvalue weighted by atomic mass is 79.9. The van der Waals surface area contributed by atoms with E-state index in [1.54, 1.807) is 25.2 Å². The average molecular weight is 306 g/mol. The summed E-state index contributed by atoms with van der Waals surface area (Å²) >= 11 is 5.05. The number of hydrogen-bond acceptors (Lipinski definition) is 3. The van der Waals surface area contributed by atoms with Gasteiger partial charge in [-0.15, -0.1) is 11.3 Å². The van der Waals surface area contributed by atoms with Crippen molar-refractivity contribution in [1.29, 1.82) is 0 Å². The lowest BCUT2D eigenvalue weighted by molar-refractivity contribution is -0.147. The second-order valence-corrected chi connectivity index (χ2v) is 6.27. The van der Waals surface area contributed by atoms with Crippen LogP contribution in [0, 0.1) is 5.41 Å². The van der Waals surface area contributed by atoms with Gasteiger partial charge in [0.25, 0.3) is 0 Å². The summed E-state index contributed by atoms with van der Waals surface area (Å²) in [4.78, 5) is 13.0. The summed E-state index contributed by atoms with van der Waals surface area (Å²) < 4.78 is 1.07. The molecule has 0 aliphatic carbocycles. The Morgan fingerprint density at radius 1 is 1.62 bits per heavy atom. The summed E-state index contributed by atoms with van der Waals surface area (Å²) in [5.74, 6) is -0.742. The molecule has 0 amide bonds. The van der Waals surface area contributed by atoms with Gasteiger partial charge >= 0.3 is 5.97 Å². The fourth-order valence-corrected chi connectivity index (χ4v) is 2.58. The topological polar surface area (TPSA) is 40.5 Å². The maximum absolute atomic E-state index is 11.0. The van der Waals surface area contributed by atoms with Gasteiger partial charge in [-0.25, -0.2) is 0 Å². The molecule has 1 aromatic heterocycles. The number of carbonyl (C=O) groups is 1. The summed E-state index contributed by atoms with van der Waals surface area (Å²) in [7, 11) is 1.98. The monoisotopic (exact) mass is 305 g/mol. The average Bonchev–Trinajstić information content (AvgIpc) is 2.61. The summed E-state index contributed by atoms with van der Waals surface area (Å²) in [5, 5.41) is 12.2. The minimum Gasteiger partial charge on any atom is -0.481 e. The highest BCUT2D eigenvalue weighted by Gasteiger charge is 2.27. The van der Waals surface area contributed by atoms with Crippen molar-refractivity contribution in [2.75, 3.05) is 18.5 Å². The summed E-state index contributed by atoms with van der Waals surface area (Å²) in [5.41, 5.74) is -0.664. The van der Waals surface area contributed by atoms with Crippen LogP contribution < -0.4 is 4.90 Å². The number of anilines is 1. The van der Waals surface area contributed by atoms with Gasteiger partial charge in [-0.1, -0.05) is 0 Å². The van der Waals surface area contributed by atoms with Crippen LogP contribution >= 0.6 is 27.3 Å². The zero-order valence-electron chi connectivity index (χ0n) is 9.66.